The second-order valence-corrected chi connectivity index (χ2v) is 4.88. The number of halogens is 2. The van der Waals surface area contributed by atoms with Gasteiger partial charge < -0.3 is 4.57 Å². The maximum absolute atomic E-state index is 12.1. The summed E-state index contributed by atoms with van der Waals surface area (Å²) >= 11 is 9.01. The van der Waals surface area contributed by atoms with E-state index in [1.165, 1.54) is 0 Å². The van der Waals surface area contributed by atoms with Crippen LogP contribution in [0.5, 0.6) is 0 Å². The Morgan fingerprint density at radius 2 is 2.12 bits per heavy atom. The molecule has 0 N–H and O–H groups in total. The minimum Gasteiger partial charge on any atom is -0.315 e. The first kappa shape index (κ1) is 11.7. The lowest BCUT2D eigenvalue weighted by atomic mass is 10.2. The van der Waals surface area contributed by atoms with Crippen molar-refractivity contribution in [3.8, 4) is 0 Å². The molecule has 2 rings (SSSR count). The topological polar surface area (TPSA) is 22.0 Å². The van der Waals surface area contributed by atoms with Crippen LogP contribution in [0.3, 0.4) is 0 Å². The molecule has 0 aliphatic heterocycles. The summed E-state index contributed by atoms with van der Waals surface area (Å²) in [5.41, 5.74) is 0.0510. The number of rotatable bonds is 3. The number of hydrogen-bond acceptors (Lipinski definition) is 1. The van der Waals surface area contributed by atoms with E-state index >= 15 is 0 Å². The zero-order valence-corrected chi connectivity index (χ0v) is 11.0. The van der Waals surface area contributed by atoms with Crippen molar-refractivity contribution in [1.82, 2.24) is 4.57 Å². The van der Waals surface area contributed by atoms with Crippen LogP contribution in [0, 0.1) is 0 Å². The summed E-state index contributed by atoms with van der Waals surface area (Å²) in [6, 6.07) is 7.63. The van der Waals surface area contributed by atoms with E-state index in [1.54, 1.807) is 4.57 Å². The van der Waals surface area contributed by atoms with Gasteiger partial charge in [-0.2, -0.15) is 0 Å². The number of pyridine rings is 1. The maximum Gasteiger partial charge on any atom is 0.258 e. The lowest BCUT2D eigenvalue weighted by molar-refractivity contribution is 0.662. The molecule has 1 aromatic carbocycles. The minimum atomic E-state index is 0.0510. The van der Waals surface area contributed by atoms with E-state index < -0.39 is 0 Å². The Balaban J connectivity index is 2.53. The summed E-state index contributed by atoms with van der Waals surface area (Å²) in [5, 5.41) is 1.71. The van der Waals surface area contributed by atoms with Crippen LogP contribution in [0.15, 0.2) is 39.7 Å². The minimum absolute atomic E-state index is 0.0510. The van der Waals surface area contributed by atoms with E-state index in [0.29, 0.717) is 12.4 Å². The second-order valence-electron chi connectivity index (χ2n) is 3.59. The lowest BCUT2D eigenvalue weighted by Crippen LogP contribution is -2.19. The largest absolute Gasteiger partial charge is 0.315 e. The number of nitrogens with zero attached hydrogens (tertiary/aromatic N) is 1. The molecule has 0 saturated heterocycles. The van der Waals surface area contributed by atoms with Gasteiger partial charge in [-0.25, -0.2) is 0 Å². The van der Waals surface area contributed by atoms with E-state index in [2.05, 4.69) is 15.9 Å². The van der Waals surface area contributed by atoms with Gasteiger partial charge in [0.1, 0.15) is 0 Å². The molecule has 0 saturated carbocycles. The van der Waals surface area contributed by atoms with Crippen molar-refractivity contribution in [2.45, 2.75) is 13.0 Å². The van der Waals surface area contributed by atoms with Crippen molar-refractivity contribution in [3.63, 3.8) is 0 Å². The van der Waals surface area contributed by atoms with Gasteiger partial charge in [-0.15, -0.1) is 11.6 Å². The molecule has 0 radical (unpaired) electrons. The standard InChI is InChI=1S/C12H11BrClNO/c13-10-2-3-11-9(8-10)4-7-15(12(11)16)6-1-5-14/h2-4,7-8H,1,5-6H2. The van der Waals surface area contributed by atoms with Crippen molar-refractivity contribution in [3.05, 3.63) is 45.3 Å². The average Bonchev–Trinajstić information content (AvgIpc) is 2.28. The van der Waals surface area contributed by atoms with Gasteiger partial charge in [0.15, 0.2) is 0 Å². The lowest BCUT2D eigenvalue weighted by Gasteiger charge is -2.06. The molecule has 84 valence electrons. The number of alkyl halides is 1. The molecular weight excluding hydrogens is 289 g/mol. The van der Waals surface area contributed by atoms with Crippen LogP contribution < -0.4 is 5.56 Å². The highest BCUT2D eigenvalue weighted by Gasteiger charge is 2.02. The Morgan fingerprint density at radius 1 is 1.31 bits per heavy atom. The van der Waals surface area contributed by atoms with E-state index in [4.69, 9.17) is 11.6 Å². The Morgan fingerprint density at radius 3 is 2.88 bits per heavy atom. The molecule has 2 aromatic rings. The summed E-state index contributed by atoms with van der Waals surface area (Å²) < 4.78 is 2.69. The number of hydrogen-bond donors (Lipinski definition) is 0. The Bertz CT molecular complexity index is 564. The molecule has 0 aliphatic rings. The molecule has 2 nitrogen and oxygen atoms in total. The first-order chi connectivity index (χ1) is 7.72. The first-order valence-electron chi connectivity index (χ1n) is 5.07. The maximum atomic E-state index is 12.1. The van der Waals surface area contributed by atoms with Gasteiger partial charge in [0.2, 0.25) is 0 Å². The van der Waals surface area contributed by atoms with Crippen molar-refractivity contribution in [2.75, 3.05) is 5.88 Å². The van der Waals surface area contributed by atoms with Gasteiger partial charge in [-0.1, -0.05) is 15.9 Å². The molecule has 0 atom stereocenters. The van der Waals surface area contributed by atoms with Gasteiger partial charge >= 0.3 is 0 Å². The molecule has 4 heteroatoms. The third-order valence-corrected chi connectivity index (χ3v) is 3.23. The van der Waals surface area contributed by atoms with Crippen molar-refractivity contribution >= 4 is 38.3 Å². The van der Waals surface area contributed by atoms with Gasteiger partial charge in [0.05, 0.1) is 0 Å². The fourth-order valence-corrected chi connectivity index (χ4v) is 2.16. The molecule has 1 heterocycles. The molecule has 0 amide bonds. The zero-order valence-electron chi connectivity index (χ0n) is 8.62. The summed E-state index contributed by atoms with van der Waals surface area (Å²) in [4.78, 5) is 12.1. The van der Waals surface area contributed by atoms with Crippen LogP contribution in [0.25, 0.3) is 10.8 Å². The van der Waals surface area contributed by atoms with E-state index in [9.17, 15) is 4.79 Å². The quantitative estimate of drug-likeness (QED) is 0.796. The summed E-state index contributed by atoms with van der Waals surface area (Å²) in [6.45, 7) is 0.675. The molecule has 0 aliphatic carbocycles. The van der Waals surface area contributed by atoms with E-state index in [0.717, 1.165) is 21.7 Å². The van der Waals surface area contributed by atoms with Crippen LogP contribution >= 0.6 is 27.5 Å². The predicted molar refractivity (Wildman–Crippen MR) is 71.2 cm³/mol. The van der Waals surface area contributed by atoms with Crippen molar-refractivity contribution in [1.29, 1.82) is 0 Å². The molecule has 0 unspecified atom stereocenters. The highest BCUT2D eigenvalue weighted by atomic mass is 79.9. The Kier molecular flexibility index (Phi) is 3.66. The molecular formula is C12H11BrClNO. The first-order valence-corrected chi connectivity index (χ1v) is 6.40. The number of benzene rings is 1. The van der Waals surface area contributed by atoms with Crippen LogP contribution in [-0.2, 0) is 6.54 Å². The second kappa shape index (κ2) is 5.02. The van der Waals surface area contributed by atoms with E-state index in [1.807, 2.05) is 30.5 Å². The SMILES string of the molecule is O=c1c2ccc(Br)cc2ccn1CCCCl. The normalized spacial score (nSPS) is 10.9. The van der Waals surface area contributed by atoms with Gasteiger partial charge in [-0.3, -0.25) is 4.79 Å². The Hall–Kier alpha value is -0.800. The van der Waals surface area contributed by atoms with Crippen LogP contribution in [0.1, 0.15) is 6.42 Å². The summed E-state index contributed by atoms with van der Waals surface area (Å²) in [5.74, 6) is 0.574. The van der Waals surface area contributed by atoms with Crippen molar-refractivity contribution < 1.29 is 0 Å². The fourth-order valence-electron chi connectivity index (χ4n) is 1.67. The summed E-state index contributed by atoms with van der Waals surface area (Å²) in [7, 11) is 0. The summed E-state index contributed by atoms with van der Waals surface area (Å²) in [6.07, 6.45) is 2.63. The van der Waals surface area contributed by atoms with Gasteiger partial charge in [-0.05, 0) is 36.1 Å². The van der Waals surface area contributed by atoms with Crippen LogP contribution in [0.2, 0.25) is 0 Å². The molecule has 16 heavy (non-hydrogen) atoms. The third kappa shape index (κ3) is 2.30. The van der Waals surface area contributed by atoms with Crippen molar-refractivity contribution in [2.24, 2.45) is 0 Å². The number of aromatic nitrogens is 1. The van der Waals surface area contributed by atoms with E-state index in [-0.39, 0.29) is 5.56 Å². The van der Waals surface area contributed by atoms with Crippen LogP contribution in [0.4, 0.5) is 0 Å². The average molecular weight is 301 g/mol. The number of aryl methyl sites for hydroxylation is 1. The fraction of sp³-hybridized carbons (Fsp3) is 0.250. The third-order valence-electron chi connectivity index (χ3n) is 2.47. The highest BCUT2D eigenvalue weighted by Crippen LogP contribution is 2.16. The predicted octanol–water partition coefficient (Wildman–Crippen LogP) is 3.39. The van der Waals surface area contributed by atoms with Gasteiger partial charge in [0, 0.05) is 28.5 Å². The molecule has 0 spiro atoms. The van der Waals surface area contributed by atoms with Gasteiger partial charge in [0.25, 0.3) is 5.56 Å². The molecule has 1 aromatic heterocycles. The highest BCUT2D eigenvalue weighted by molar-refractivity contribution is 9.10. The smallest absolute Gasteiger partial charge is 0.258 e. The van der Waals surface area contributed by atoms with Crippen LogP contribution in [-0.4, -0.2) is 10.4 Å². The molecule has 0 fully saturated rings. The number of fused-ring (bicyclic) bond motifs is 1. The Labute approximate surface area is 107 Å². The molecule has 0 bridgehead atoms. The monoisotopic (exact) mass is 299 g/mol. The zero-order chi connectivity index (χ0) is 11.5.